The molecule has 14 heteroatoms. The zero-order chi connectivity index (χ0) is 28.9. The number of aromatic nitrogens is 3. The number of carbonyl (C=O) groups excluding carboxylic acids is 1. The van der Waals surface area contributed by atoms with E-state index in [2.05, 4.69) is 25.2 Å². The van der Waals surface area contributed by atoms with Crippen molar-refractivity contribution >= 4 is 35.1 Å². The summed E-state index contributed by atoms with van der Waals surface area (Å²) in [4.78, 5) is 30.1. The third-order valence-electron chi connectivity index (χ3n) is 7.07. The molecule has 5 heterocycles. The second-order valence-corrected chi connectivity index (χ2v) is 10.8. The average Bonchev–Trinajstić information content (AvgIpc) is 3.51. The monoisotopic (exact) mass is 590 g/mol. The van der Waals surface area contributed by atoms with Gasteiger partial charge >= 0.3 is 12.2 Å². The molecule has 2 amide bonds. The number of urea groups is 1. The fourth-order valence-corrected chi connectivity index (χ4v) is 5.43. The molecule has 3 aromatic rings. The van der Waals surface area contributed by atoms with Gasteiger partial charge in [-0.05, 0) is 38.5 Å². The molecule has 1 aromatic carbocycles. The van der Waals surface area contributed by atoms with Gasteiger partial charge in [0.05, 0.1) is 47.0 Å². The van der Waals surface area contributed by atoms with Gasteiger partial charge in [-0.3, -0.25) is 10.2 Å². The van der Waals surface area contributed by atoms with Gasteiger partial charge in [-0.25, -0.2) is 19.7 Å². The number of fused-ring (bicyclic) bond motifs is 4. The molecule has 0 radical (unpaired) electrons. The van der Waals surface area contributed by atoms with Crippen LogP contribution in [0.4, 0.5) is 35.4 Å². The van der Waals surface area contributed by atoms with Crippen LogP contribution in [-0.4, -0.2) is 65.2 Å². The van der Waals surface area contributed by atoms with Gasteiger partial charge in [-0.2, -0.15) is 13.2 Å². The molecule has 2 atom stereocenters. The van der Waals surface area contributed by atoms with E-state index in [1.165, 1.54) is 29.4 Å². The van der Waals surface area contributed by atoms with Gasteiger partial charge in [0.2, 0.25) is 5.95 Å². The van der Waals surface area contributed by atoms with Crippen LogP contribution in [0.15, 0.2) is 42.7 Å². The number of amides is 2. The second-order valence-electron chi connectivity index (χ2n) is 10.4. The number of hydrogen-bond acceptors (Lipinski definition) is 8. The Balaban J connectivity index is 1.21. The molecule has 2 aromatic heterocycles. The lowest BCUT2D eigenvalue weighted by molar-refractivity contribution is -0.141. The molecule has 216 valence electrons. The molecule has 3 aliphatic rings. The highest BCUT2D eigenvalue weighted by Crippen LogP contribution is 2.43. The van der Waals surface area contributed by atoms with E-state index in [0.29, 0.717) is 43.4 Å². The molecule has 2 saturated heterocycles. The topological polar surface area (TPSA) is 102 Å². The molecule has 2 fully saturated rings. The number of halogens is 4. The molecule has 10 nitrogen and oxygen atoms in total. The Kier molecular flexibility index (Phi) is 6.91. The number of alkyl halides is 3. The molecule has 6 rings (SSSR count). The van der Waals surface area contributed by atoms with Crippen LogP contribution in [0.2, 0.25) is 5.02 Å². The highest BCUT2D eigenvalue weighted by molar-refractivity contribution is 6.33. The van der Waals surface area contributed by atoms with Crippen LogP contribution >= 0.6 is 11.6 Å². The number of nitrogens with one attached hydrogen (secondary N) is 1. The SMILES string of the molecule is CC1(C)OCC(COc2cnc(NC(=O)N3c4nc(-c5cccc(C(F)(F)F)c5)c(Cl)cc4N4CC[C@H]3C4)nc2)O1. The Morgan fingerprint density at radius 2 is 2.02 bits per heavy atom. The minimum Gasteiger partial charge on any atom is -0.488 e. The first-order valence-electron chi connectivity index (χ1n) is 13.0. The smallest absolute Gasteiger partial charge is 0.416 e. The van der Waals surface area contributed by atoms with Crippen molar-refractivity contribution in [3.8, 4) is 17.0 Å². The molecule has 41 heavy (non-hydrogen) atoms. The Hall–Kier alpha value is -3.68. The van der Waals surface area contributed by atoms with Crippen molar-refractivity contribution in [3.05, 3.63) is 53.3 Å². The summed E-state index contributed by atoms with van der Waals surface area (Å²) < 4.78 is 57.0. The molecule has 1 N–H and O–H groups in total. The maximum atomic E-state index is 13.5. The van der Waals surface area contributed by atoms with E-state index >= 15 is 0 Å². The van der Waals surface area contributed by atoms with Gasteiger partial charge < -0.3 is 19.1 Å². The summed E-state index contributed by atoms with van der Waals surface area (Å²) in [6, 6.07) is 5.70. The lowest BCUT2D eigenvalue weighted by atomic mass is 10.1. The number of nitrogens with zero attached hydrogens (tertiary/aromatic N) is 5. The van der Waals surface area contributed by atoms with Gasteiger partial charge in [0.1, 0.15) is 12.7 Å². The minimum atomic E-state index is -4.52. The summed E-state index contributed by atoms with van der Waals surface area (Å²) in [6.07, 6.45) is -1.19. The third kappa shape index (κ3) is 5.61. The molecule has 0 saturated carbocycles. The van der Waals surface area contributed by atoms with Crippen molar-refractivity contribution in [2.75, 3.05) is 41.4 Å². The predicted molar refractivity (Wildman–Crippen MR) is 144 cm³/mol. The number of pyridine rings is 1. The van der Waals surface area contributed by atoms with Crippen molar-refractivity contribution in [1.82, 2.24) is 15.0 Å². The normalized spacial score (nSPS) is 21.1. The van der Waals surface area contributed by atoms with E-state index in [1.54, 1.807) is 6.07 Å². The van der Waals surface area contributed by atoms with Crippen LogP contribution in [0, 0.1) is 0 Å². The van der Waals surface area contributed by atoms with Gasteiger partial charge in [-0.15, -0.1) is 0 Å². The van der Waals surface area contributed by atoms with Crippen molar-refractivity contribution < 1.29 is 32.2 Å². The Bertz CT molecular complexity index is 1470. The summed E-state index contributed by atoms with van der Waals surface area (Å²) in [7, 11) is 0. The predicted octanol–water partition coefficient (Wildman–Crippen LogP) is 5.37. The van der Waals surface area contributed by atoms with Crippen molar-refractivity contribution in [1.29, 1.82) is 0 Å². The maximum Gasteiger partial charge on any atom is 0.416 e. The largest absolute Gasteiger partial charge is 0.488 e. The number of carbonyl (C=O) groups is 1. The average molecular weight is 591 g/mol. The van der Waals surface area contributed by atoms with Crippen LogP contribution in [0.25, 0.3) is 11.3 Å². The summed E-state index contributed by atoms with van der Waals surface area (Å²) in [5.41, 5.74) is 0.148. The van der Waals surface area contributed by atoms with Crippen LogP contribution in [0.5, 0.6) is 5.75 Å². The number of benzene rings is 1. The van der Waals surface area contributed by atoms with E-state index in [4.69, 9.17) is 25.8 Å². The van der Waals surface area contributed by atoms with Crippen molar-refractivity contribution in [3.63, 3.8) is 0 Å². The fourth-order valence-electron chi connectivity index (χ4n) is 5.18. The molecule has 3 aliphatic heterocycles. The fraction of sp³-hybridized carbons (Fsp3) is 0.407. The highest BCUT2D eigenvalue weighted by Gasteiger charge is 2.41. The van der Waals surface area contributed by atoms with E-state index in [1.807, 2.05) is 13.8 Å². The van der Waals surface area contributed by atoms with Crippen LogP contribution in [-0.2, 0) is 15.7 Å². The summed E-state index contributed by atoms with van der Waals surface area (Å²) in [6.45, 7) is 5.56. The zero-order valence-electron chi connectivity index (χ0n) is 22.1. The minimum absolute atomic E-state index is 0.0537. The van der Waals surface area contributed by atoms with E-state index in [-0.39, 0.29) is 41.0 Å². The molecule has 0 aliphatic carbocycles. The van der Waals surface area contributed by atoms with Gasteiger partial charge in [0, 0.05) is 18.7 Å². The molecule has 1 unspecified atom stereocenters. The highest BCUT2D eigenvalue weighted by atomic mass is 35.5. The number of hydrogen-bond donors (Lipinski definition) is 1. The van der Waals surface area contributed by atoms with E-state index in [9.17, 15) is 18.0 Å². The van der Waals surface area contributed by atoms with Crippen molar-refractivity contribution in [2.24, 2.45) is 0 Å². The Morgan fingerprint density at radius 1 is 1.24 bits per heavy atom. The quantitative estimate of drug-likeness (QED) is 0.423. The Morgan fingerprint density at radius 3 is 2.73 bits per heavy atom. The Labute approximate surface area is 238 Å². The summed E-state index contributed by atoms with van der Waals surface area (Å²) in [5, 5.41) is 2.88. The summed E-state index contributed by atoms with van der Waals surface area (Å²) >= 11 is 6.52. The standard InChI is InChI=1S/C27H26ClF3N6O4/c1-26(2)40-14-19(41-26)13-39-18-10-32-24(33-11-18)35-25(38)37-17-6-7-36(12-17)21-9-20(28)22(34-23(21)37)15-4-3-5-16(8-15)27(29,30)31/h3-5,8-11,17,19H,6-7,12-14H2,1-2H3,(H,32,33,35,38)/t17-,19?/m0/s1. The molecular formula is C27H26ClF3N6O4. The second kappa shape index (κ2) is 10.3. The van der Waals surface area contributed by atoms with Gasteiger partial charge in [0.25, 0.3) is 0 Å². The van der Waals surface area contributed by atoms with Gasteiger partial charge in [0.15, 0.2) is 17.4 Å². The van der Waals surface area contributed by atoms with E-state index in [0.717, 1.165) is 12.1 Å². The molecule has 2 bridgehead atoms. The molecule has 0 spiro atoms. The third-order valence-corrected chi connectivity index (χ3v) is 7.35. The first-order valence-corrected chi connectivity index (χ1v) is 13.3. The first-order chi connectivity index (χ1) is 19.5. The lowest BCUT2D eigenvalue weighted by Gasteiger charge is -2.36. The van der Waals surface area contributed by atoms with Crippen LogP contribution in [0.3, 0.4) is 0 Å². The zero-order valence-corrected chi connectivity index (χ0v) is 22.9. The van der Waals surface area contributed by atoms with E-state index < -0.39 is 23.6 Å². The van der Waals surface area contributed by atoms with Crippen molar-refractivity contribution in [2.45, 2.75) is 44.4 Å². The first kappa shape index (κ1) is 27.5. The summed E-state index contributed by atoms with van der Waals surface area (Å²) in [5.74, 6) is 0.0941. The number of anilines is 3. The number of ether oxygens (including phenoxy) is 3. The molecular weight excluding hydrogens is 565 g/mol. The van der Waals surface area contributed by atoms with Crippen LogP contribution in [0.1, 0.15) is 25.8 Å². The van der Waals surface area contributed by atoms with Gasteiger partial charge in [-0.1, -0.05) is 23.7 Å². The number of rotatable bonds is 5. The van der Waals surface area contributed by atoms with Crippen LogP contribution < -0.4 is 19.9 Å². The lowest BCUT2D eigenvalue weighted by Crippen LogP contribution is -2.48. The maximum absolute atomic E-state index is 13.5.